The first-order valence-corrected chi connectivity index (χ1v) is 6.26. The molecule has 4 heteroatoms. The zero-order chi connectivity index (χ0) is 13.0. The van der Waals surface area contributed by atoms with Crippen LogP contribution in [0.25, 0.3) is 0 Å². The zero-order valence-electron chi connectivity index (χ0n) is 10.1. The summed E-state index contributed by atoms with van der Waals surface area (Å²) in [5.41, 5.74) is 0.701. The highest BCUT2D eigenvalue weighted by atomic mass is 35.5. The second-order valence-electron chi connectivity index (χ2n) is 4.32. The molecule has 1 unspecified atom stereocenters. The van der Waals surface area contributed by atoms with Gasteiger partial charge in [0.25, 0.3) is 0 Å². The lowest BCUT2D eigenvalue weighted by Gasteiger charge is -2.14. The molecule has 1 aromatic carbocycles. The highest BCUT2D eigenvalue weighted by molar-refractivity contribution is 6.30. The number of aryl methyl sites for hydroxylation is 1. The van der Waals surface area contributed by atoms with Crippen LogP contribution in [0.1, 0.15) is 19.1 Å². The van der Waals surface area contributed by atoms with Crippen LogP contribution in [0.3, 0.4) is 0 Å². The van der Waals surface area contributed by atoms with Gasteiger partial charge in [0.2, 0.25) is 0 Å². The third-order valence-corrected chi connectivity index (χ3v) is 2.90. The smallest absolute Gasteiger partial charge is 0.126 e. The summed E-state index contributed by atoms with van der Waals surface area (Å²) < 4.78 is 18.4. The van der Waals surface area contributed by atoms with Gasteiger partial charge in [0, 0.05) is 23.2 Å². The Hall–Kier alpha value is -1.48. The van der Waals surface area contributed by atoms with E-state index in [2.05, 4.69) is 5.32 Å². The zero-order valence-corrected chi connectivity index (χ0v) is 10.9. The third-order valence-electron chi connectivity index (χ3n) is 2.68. The minimum Gasteiger partial charge on any atom is -0.469 e. The van der Waals surface area contributed by atoms with Crippen LogP contribution in [-0.2, 0) is 6.42 Å². The topological polar surface area (TPSA) is 25.2 Å². The predicted octanol–water partition coefficient (Wildman–Crippen LogP) is 4.51. The molecule has 2 rings (SSSR count). The molecule has 0 bridgehead atoms. The Morgan fingerprint density at radius 2 is 2.22 bits per heavy atom. The monoisotopic (exact) mass is 267 g/mol. The van der Waals surface area contributed by atoms with E-state index in [-0.39, 0.29) is 11.9 Å². The lowest BCUT2D eigenvalue weighted by Crippen LogP contribution is -2.16. The van der Waals surface area contributed by atoms with Crippen molar-refractivity contribution in [2.75, 3.05) is 5.32 Å². The normalized spacial score (nSPS) is 12.4. The fourth-order valence-corrected chi connectivity index (χ4v) is 2.03. The molecule has 96 valence electrons. The summed E-state index contributed by atoms with van der Waals surface area (Å²) in [6, 6.07) is 8.49. The fourth-order valence-electron chi connectivity index (χ4n) is 1.81. The van der Waals surface area contributed by atoms with Gasteiger partial charge in [0.1, 0.15) is 11.6 Å². The third kappa shape index (κ3) is 3.77. The van der Waals surface area contributed by atoms with E-state index in [0.717, 1.165) is 18.6 Å². The Bertz CT molecular complexity index is 478. The number of rotatable bonds is 5. The predicted molar refractivity (Wildman–Crippen MR) is 71.5 cm³/mol. The van der Waals surface area contributed by atoms with Crippen molar-refractivity contribution >= 4 is 17.3 Å². The average Bonchev–Trinajstić information content (AvgIpc) is 2.77. The molecule has 2 aromatic rings. The Balaban J connectivity index is 1.88. The summed E-state index contributed by atoms with van der Waals surface area (Å²) in [5, 5.41) is 3.62. The van der Waals surface area contributed by atoms with Crippen molar-refractivity contribution in [3.05, 3.63) is 53.2 Å². The first-order chi connectivity index (χ1) is 8.63. The van der Waals surface area contributed by atoms with Crippen LogP contribution in [0.5, 0.6) is 0 Å². The van der Waals surface area contributed by atoms with Gasteiger partial charge in [-0.15, -0.1) is 0 Å². The molecule has 1 aromatic heterocycles. The second kappa shape index (κ2) is 5.91. The Morgan fingerprint density at radius 3 is 2.89 bits per heavy atom. The minimum absolute atomic E-state index is 0.216. The molecule has 0 aliphatic carbocycles. The molecule has 0 fully saturated rings. The average molecular weight is 268 g/mol. The molecule has 0 saturated carbocycles. The van der Waals surface area contributed by atoms with E-state index in [0.29, 0.717) is 10.7 Å². The van der Waals surface area contributed by atoms with Gasteiger partial charge >= 0.3 is 0 Å². The summed E-state index contributed by atoms with van der Waals surface area (Å²) >= 11 is 5.80. The lowest BCUT2D eigenvalue weighted by molar-refractivity contribution is 0.495. The number of hydrogen-bond acceptors (Lipinski definition) is 2. The van der Waals surface area contributed by atoms with E-state index >= 15 is 0 Å². The van der Waals surface area contributed by atoms with Crippen LogP contribution in [0.15, 0.2) is 41.0 Å². The number of benzene rings is 1. The van der Waals surface area contributed by atoms with Crippen molar-refractivity contribution in [1.82, 2.24) is 0 Å². The van der Waals surface area contributed by atoms with Crippen LogP contribution >= 0.6 is 11.6 Å². The molecule has 0 amide bonds. The van der Waals surface area contributed by atoms with Gasteiger partial charge in [-0.05, 0) is 43.7 Å². The number of halogens is 2. The van der Waals surface area contributed by atoms with Gasteiger partial charge in [-0.25, -0.2) is 4.39 Å². The highest BCUT2D eigenvalue weighted by Gasteiger charge is 2.06. The van der Waals surface area contributed by atoms with Gasteiger partial charge < -0.3 is 9.73 Å². The summed E-state index contributed by atoms with van der Waals surface area (Å²) in [7, 11) is 0. The standard InChI is InChI=1S/C14H15ClFNO/c1-10(4-5-14-3-2-6-18-14)17-13-8-11(15)7-12(16)9-13/h2-3,6-10,17H,4-5H2,1H3. The number of hydrogen-bond donors (Lipinski definition) is 1. The SMILES string of the molecule is CC(CCc1ccco1)Nc1cc(F)cc(Cl)c1. The van der Waals surface area contributed by atoms with E-state index in [1.165, 1.54) is 12.1 Å². The molecule has 0 spiro atoms. The first kappa shape index (κ1) is 13.0. The van der Waals surface area contributed by atoms with Crippen LogP contribution in [-0.4, -0.2) is 6.04 Å². The molecule has 1 atom stereocenters. The van der Waals surface area contributed by atoms with Crippen LogP contribution in [0, 0.1) is 5.82 Å². The fraction of sp³-hybridized carbons (Fsp3) is 0.286. The quantitative estimate of drug-likeness (QED) is 0.862. The molecule has 1 heterocycles. The Labute approximate surface area is 111 Å². The van der Waals surface area contributed by atoms with Gasteiger partial charge in [-0.2, -0.15) is 0 Å². The molecule has 0 aliphatic heterocycles. The maximum absolute atomic E-state index is 13.1. The summed E-state index contributed by atoms with van der Waals surface area (Å²) in [6.07, 6.45) is 3.42. The van der Waals surface area contributed by atoms with Crippen molar-refractivity contribution in [1.29, 1.82) is 0 Å². The molecule has 18 heavy (non-hydrogen) atoms. The van der Waals surface area contributed by atoms with E-state index < -0.39 is 0 Å². The Morgan fingerprint density at radius 1 is 1.39 bits per heavy atom. The van der Waals surface area contributed by atoms with Crippen LogP contribution in [0.4, 0.5) is 10.1 Å². The van der Waals surface area contributed by atoms with Gasteiger partial charge in [-0.1, -0.05) is 11.6 Å². The summed E-state index contributed by atoms with van der Waals surface area (Å²) in [4.78, 5) is 0. The molecule has 2 nitrogen and oxygen atoms in total. The van der Waals surface area contributed by atoms with E-state index in [1.807, 2.05) is 19.1 Å². The second-order valence-corrected chi connectivity index (χ2v) is 4.76. The van der Waals surface area contributed by atoms with Crippen molar-refractivity contribution < 1.29 is 8.81 Å². The summed E-state index contributed by atoms with van der Waals surface area (Å²) in [5.74, 6) is 0.629. The van der Waals surface area contributed by atoms with Crippen LogP contribution in [0.2, 0.25) is 5.02 Å². The van der Waals surface area contributed by atoms with Crippen molar-refractivity contribution in [3.8, 4) is 0 Å². The maximum Gasteiger partial charge on any atom is 0.126 e. The van der Waals surface area contributed by atoms with Gasteiger partial charge in [-0.3, -0.25) is 0 Å². The number of anilines is 1. The highest BCUT2D eigenvalue weighted by Crippen LogP contribution is 2.19. The Kier molecular flexibility index (Phi) is 4.26. The number of furan rings is 1. The molecule has 1 N–H and O–H groups in total. The van der Waals surface area contributed by atoms with Crippen molar-refractivity contribution in [3.63, 3.8) is 0 Å². The van der Waals surface area contributed by atoms with Crippen LogP contribution < -0.4 is 5.32 Å². The molecular weight excluding hydrogens is 253 g/mol. The minimum atomic E-state index is -0.330. The maximum atomic E-state index is 13.1. The van der Waals surface area contributed by atoms with Crippen molar-refractivity contribution in [2.24, 2.45) is 0 Å². The van der Waals surface area contributed by atoms with E-state index in [1.54, 1.807) is 12.3 Å². The molecule has 0 radical (unpaired) electrons. The molecule has 0 aliphatic rings. The first-order valence-electron chi connectivity index (χ1n) is 5.88. The van der Waals surface area contributed by atoms with Gasteiger partial charge in [0.05, 0.1) is 6.26 Å². The lowest BCUT2D eigenvalue weighted by atomic mass is 10.1. The summed E-state index contributed by atoms with van der Waals surface area (Å²) in [6.45, 7) is 2.04. The van der Waals surface area contributed by atoms with Gasteiger partial charge in [0.15, 0.2) is 0 Å². The van der Waals surface area contributed by atoms with Crippen molar-refractivity contribution in [2.45, 2.75) is 25.8 Å². The molecular formula is C14H15ClFNO. The van der Waals surface area contributed by atoms with E-state index in [9.17, 15) is 4.39 Å². The largest absolute Gasteiger partial charge is 0.469 e. The number of nitrogens with one attached hydrogen (secondary N) is 1. The van der Waals surface area contributed by atoms with E-state index in [4.69, 9.17) is 16.0 Å². The molecule has 0 saturated heterocycles.